The second-order valence-corrected chi connectivity index (χ2v) is 10.9. The monoisotopic (exact) mass is 495 g/mol. The molecule has 1 aromatic heterocycles. The Bertz CT molecular complexity index is 1360. The largest absolute Gasteiger partial charge is 0.326 e. The fourth-order valence-electron chi connectivity index (χ4n) is 3.97. The minimum Gasteiger partial charge on any atom is -0.326 e. The van der Waals surface area contributed by atoms with Crippen LogP contribution in [0.3, 0.4) is 0 Å². The van der Waals surface area contributed by atoms with Crippen LogP contribution in [0.15, 0.2) is 46.1 Å². The third-order valence-corrected chi connectivity index (χ3v) is 8.57. The fourth-order valence-corrected chi connectivity index (χ4v) is 6.50. The molecule has 0 saturated carbocycles. The summed E-state index contributed by atoms with van der Waals surface area (Å²) >= 11 is 1.02. The zero-order valence-corrected chi connectivity index (χ0v) is 19.5. The van der Waals surface area contributed by atoms with Crippen LogP contribution >= 0.6 is 11.3 Å². The summed E-state index contributed by atoms with van der Waals surface area (Å²) in [6.45, 7) is 2.86. The van der Waals surface area contributed by atoms with Crippen LogP contribution in [0.2, 0.25) is 0 Å². The quantitative estimate of drug-likeness (QED) is 0.564. The van der Waals surface area contributed by atoms with Crippen molar-refractivity contribution in [2.75, 3.05) is 18.4 Å². The van der Waals surface area contributed by atoms with Gasteiger partial charge in [0.2, 0.25) is 15.9 Å². The highest BCUT2D eigenvalue weighted by Crippen LogP contribution is 2.28. The van der Waals surface area contributed by atoms with E-state index in [-0.39, 0.29) is 34.5 Å². The number of sulfonamides is 1. The second-order valence-electron chi connectivity index (χ2n) is 7.95. The van der Waals surface area contributed by atoms with Gasteiger partial charge in [0.05, 0.1) is 15.1 Å². The van der Waals surface area contributed by atoms with Crippen LogP contribution in [0, 0.1) is 17.6 Å². The van der Waals surface area contributed by atoms with Gasteiger partial charge in [0.15, 0.2) is 11.6 Å². The Balaban J connectivity index is 1.44. The van der Waals surface area contributed by atoms with Crippen LogP contribution in [0.1, 0.15) is 26.2 Å². The first-order valence-electron chi connectivity index (χ1n) is 10.6. The van der Waals surface area contributed by atoms with E-state index in [0.717, 1.165) is 35.4 Å². The molecule has 176 valence electrons. The maximum absolute atomic E-state index is 13.4. The van der Waals surface area contributed by atoms with E-state index in [2.05, 4.69) is 5.32 Å². The zero-order chi connectivity index (χ0) is 23.8. The van der Waals surface area contributed by atoms with Gasteiger partial charge in [0.1, 0.15) is 0 Å². The van der Waals surface area contributed by atoms with Crippen LogP contribution < -0.4 is 10.2 Å². The van der Waals surface area contributed by atoms with Gasteiger partial charge in [0.25, 0.3) is 0 Å². The van der Waals surface area contributed by atoms with Gasteiger partial charge in [-0.3, -0.25) is 14.2 Å². The number of carbonyl (C=O) groups excluding carboxylic acids is 1. The number of nitrogens with zero attached hydrogens (tertiary/aromatic N) is 2. The van der Waals surface area contributed by atoms with E-state index < -0.39 is 27.6 Å². The van der Waals surface area contributed by atoms with E-state index in [4.69, 9.17) is 0 Å². The topological polar surface area (TPSA) is 88.5 Å². The summed E-state index contributed by atoms with van der Waals surface area (Å²) in [5.74, 6) is -2.86. The number of piperidine rings is 1. The van der Waals surface area contributed by atoms with Crippen LogP contribution in [0.4, 0.5) is 14.5 Å². The number of rotatable bonds is 6. The Morgan fingerprint density at radius 3 is 2.52 bits per heavy atom. The molecule has 0 atom stereocenters. The van der Waals surface area contributed by atoms with Crippen LogP contribution in [-0.2, 0) is 21.4 Å². The third-order valence-electron chi connectivity index (χ3n) is 5.74. The number of fused-ring (bicyclic) bond motifs is 1. The van der Waals surface area contributed by atoms with Gasteiger partial charge in [-0.2, -0.15) is 4.31 Å². The van der Waals surface area contributed by atoms with Crippen molar-refractivity contribution in [2.24, 2.45) is 5.92 Å². The number of hydrogen-bond donors (Lipinski definition) is 1. The van der Waals surface area contributed by atoms with Crippen LogP contribution in [0.5, 0.6) is 0 Å². The highest BCUT2D eigenvalue weighted by molar-refractivity contribution is 7.89. The van der Waals surface area contributed by atoms with E-state index in [0.29, 0.717) is 24.1 Å². The van der Waals surface area contributed by atoms with Gasteiger partial charge < -0.3 is 5.32 Å². The number of thiazole rings is 1. The molecule has 7 nitrogen and oxygen atoms in total. The average molecular weight is 496 g/mol. The molecule has 2 heterocycles. The minimum atomic E-state index is -3.78. The molecule has 0 unspecified atom stereocenters. The molecule has 11 heteroatoms. The lowest BCUT2D eigenvalue weighted by Gasteiger charge is -2.30. The molecular formula is C22H23F2N3O4S2. The lowest BCUT2D eigenvalue weighted by molar-refractivity contribution is -0.120. The molecule has 1 N–H and O–H groups in total. The van der Waals surface area contributed by atoms with E-state index in [1.807, 2.05) is 6.92 Å². The van der Waals surface area contributed by atoms with Gasteiger partial charge in [-0.1, -0.05) is 18.3 Å². The smallest absolute Gasteiger partial charge is 0.308 e. The van der Waals surface area contributed by atoms with Gasteiger partial charge in [-0.25, -0.2) is 17.2 Å². The molecule has 1 amide bonds. The predicted molar refractivity (Wildman–Crippen MR) is 123 cm³/mol. The standard InChI is InChI=1S/C22H23F2N3O4S2/c1-2-9-27-19-6-4-16(13-20(19)32-22(27)29)33(30,31)26-10-7-14(8-11-26)21(28)25-15-3-5-17(23)18(24)12-15/h3-6,12-14H,2,7-11H2,1H3,(H,25,28). The Labute approximate surface area is 193 Å². The van der Waals surface area contributed by atoms with Crippen LogP contribution in [-0.4, -0.2) is 36.3 Å². The highest BCUT2D eigenvalue weighted by atomic mass is 32.2. The van der Waals surface area contributed by atoms with Crippen molar-refractivity contribution in [3.05, 3.63) is 57.7 Å². The SMILES string of the molecule is CCCn1c(=O)sc2cc(S(=O)(=O)N3CCC(C(=O)Nc4ccc(F)c(F)c4)CC3)ccc21. The minimum absolute atomic E-state index is 0.115. The van der Waals surface area contributed by atoms with Gasteiger partial charge in [0, 0.05) is 37.3 Å². The van der Waals surface area contributed by atoms with Gasteiger partial charge in [-0.15, -0.1) is 0 Å². The normalized spacial score (nSPS) is 15.7. The Morgan fingerprint density at radius 1 is 1.12 bits per heavy atom. The Kier molecular flexibility index (Phi) is 6.64. The number of benzene rings is 2. The van der Waals surface area contributed by atoms with Crippen molar-refractivity contribution < 1.29 is 22.0 Å². The first-order valence-corrected chi connectivity index (χ1v) is 12.9. The number of aromatic nitrogens is 1. The number of amides is 1. The van der Waals surface area contributed by atoms with Gasteiger partial charge >= 0.3 is 4.87 Å². The summed E-state index contributed by atoms with van der Waals surface area (Å²) in [7, 11) is -3.78. The predicted octanol–water partition coefficient (Wildman–Crippen LogP) is 3.79. The second kappa shape index (κ2) is 9.32. The summed E-state index contributed by atoms with van der Waals surface area (Å²) in [5, 5.41) is 2.56. The molecule has 1 aliphatic heterocycles. The summed E-state index contributed by atoms with van der Waals surface area (Å²) < 4.78 is 56.3. The average Bonchev–Trinajstić information content (AvgIpc) is 3.11. The number of halogens is 2. The molecule has 0 radical (unpaired) electrons. The number of carbonyl (C=O) groups is 1. The van der Waals surface area contributed by atoms with Crippen molar-refractivity contribution in [3.8, 4) is 0 Å². The number of nitrogens with one attached hydrogen (secondary N) is 1. The lowest BCUT2D eigenvalue weighted by atomic mass is 9.97. The van der Waals surface area contributed by atoms with Crippen molar-refractivity contribution in [1.29, 1.82) is 0 Å². The zero-order valence-electron chi connectivity index (χ0n) is 17.9. The molecule has 33 heavy (non-hydrogen) atoms. The number of hydrogen-bond acceptors (Lipinski definition) is 5. The van der Waals surface area contributed by atoms with Gasteiger partial charge in [-0.05, 0) is 49.6 Å². The molecular weight excluding hydrogens is 472 g/mol. The first-order chi connectivity index (χ1) is 15.7. The van der Waals surface area contributed by atoms with Crippen LogP contribution in [0.25, 0.3) is 10.2 Å². The third kappa shape index (κ3) is 4.71. The maximum atomic E-state index is 13.4. The van der Waals surface area contributed by atoms with E-state index in [9.17, 15) is 26.8 Å². The summed E-state index contributed by atoms with van der Waals surface area (Å²) in [5.41, 5.74) is 0.870. The highest BCUT2D eigenvalue weighted by Gasteiger charge is 2.32. The number of aryl methyl sites for hydroxylation is 1. The summed E-state index contributed by atoms with van der Waals surface area (Å²) in [6.07, 6.45) is 1.40. The summed E-state index contributed by atoms with van der Waals surface area (Å²) in [6, 6.07) is 7.82. The molecule has 0 aliphatic carbocycles. The molecule has 3 aromatic rings. The van der Waals surface area contributed by atoms with Crippen molar-refractivity contribution in [2.45, 2.75) is 37.6 Å². The number of anilines is 1. The van der Waals surface area contributed by atoms with Crippen molar-refractivity contribution >= 4 is 43.2 Å². The molecule has 1 aliphatic rings. The Hall–Kier alpha value is -2.63. The van der Waals surface area contributed by atoms with Crippen molar-refractivity contribution in [3.63, 3.8) is 0 Å². The fraction of sp³-hybridized carbons (Fsp3) is 0.364. The van der Waals surface area contributed by atoms with E-state index >= 15 is 0 Å². The molecule has 0 bridgehead atoms. The Morgan fingerprint density at radius 2 is 1.85 bits per heavy atom. The molecule has 1 fully saturated rings. The lowest BCUT2D eigenvalue weighted by Crippen LogP contribution is -2.41. The van der Waals surface area contributed by atoms with Crippen molar-refractivity contribution in [1.82, 2.24) is 8.87 Å². The molecule has 4 rings (SSSR count). The molecule has 0 spiro atoms. The molecule has 2 aromatic carbocycles. The molecule has 1 saturated heterocycles. The van der Waals surface area contributed by atoms with E-state index in [1.54, 1.807) is 10.6 Å². The summed E-state index contributed by atoms with van der Waals surface area (Å²) in [4.78, 5) is 24.7. The van der Waals surface area contributed by atoms with E-state index in [1.165, 1.54) is 22.5 Å². The first kappa shape index (κ1) is 23.5. The maximum Gasteiger partial charge on any atom is 0.308 e.